The number of aromatic nitrogens is 2. The second kappa shape index (κ2) is 6.73. The molecule has 1 N–H and O–H groups in total. The van der Waals surface area contributed by atoms with Crippen molar-refractivity contribution >= 4 is 5.82 Å². The highest BCUT2D eigenvalue weighted by Gasteiger charge is 2.07. The van der Waals surface area contributed by atoms with E-state index in [2.05, 4.69) is 22.2 Å². The van der Waals surface area contributed by atoms with Crippen LogP contribution in [0.4, 0.5) is 5.82 Å². The summed E-state index contributed by atoms with van der Waals surface area (Å²) in [4.78, 5) is 8.54. The van der Waals surface area contributed by atoms with Crippen LogP contribution in [0.1, 0.15) is 19.8 Å². The molecule has 0 saturated heterocycles. The molecule has 0 aliphatic carbocycles. The maximum absolute atomic E-state index is 5.36. The lowest BCUT2D eigenvalue weighted by Crippen LogP contribution is -2.03. The van der Waals surface area contributed by atoms with Crippen LogP contribution in [0.25, 0.3) is 11.3 Å². The van der Waals surface area contributed by atoms with Crippen molar-refractivity contribution in [2.24, 2.45) is 0 Å². The zero-order valence-electron chi connectivity index (χ0n) is 11.4. The van der Waals surface area contributed by atoms with Gasteiger partial charge in [-0.05, 0) is 18.6 Å². The van der Waals surface area contributed by atoms with Crippen LogP contribution in [-0.4, -0.2) is 23.6 Å². The molecule has 0 fully saturated rings. The number of unbranched alkanes of at least 4 members (excludes halogenated alkanes) is 1. The predicted molar refractivity (Wildman–Crippen MR) is 77.4 cm³/mol. The maximum atomic E-state index is 5.36. The van der Waals surface area contributed by atoms with Crippen molar-refractivity contribution in [2.45, 2.75) is 19.8 Å². The molecule has 0 atom stereocenters. The summed E-state index contributed by atoms with van der Waals surface area (Å²) in [5.74, 6) is 1.67. The van der Waals surface area contributed by atoms with Crippen LogP contribution in [-0.2, 0) is 0 Å². The van der Waals surface area contributed by atoms with Crippen molar-refractivity contribution in [1.82, 2.24) is 9.97 Å². The van der Waals surface area contributed by atoms with Crippen LogP contribution in [0.15, 0.2) is 36.7 Å². The molecule has 0 radical (unpaired) electrons. The quantitative estimate of drug-likeness (QED) is 0.806. The van der Waals surface area contributed by atoms with Crippen LogP contribution in [0, 0.1) is 0 Å². The van der Waals surface area contributed by atoms with Gasteiger partial charge in [0.05, 0.1) is 12.8 Å². The number of nitrogens with zero attached hydrogens (tertiary/aromatic N) is 2. The number of methoxy groups -OCH3 is 1. The molecule has 0 aliphatic heterocycles. The first-order chi connectivity index (χ1) is 9.35. The maximum Gasteiger partial charge on any atom is 0.129 e. The average Bonchev–Trinajstić information content (AvgIpc) is 2.48. The fourth-order valence-electron chi connectivity index (χ4n) is 1.85. The molecule has 1 aromatic heterocycles. The highest BCUT2D eigenvalue weighted by molar-refractivity contribution is 5.68. The molecule has 0 saturated carbocycles. The fourth-order valence-corrected chi connectivity index (χ4v) is 1.85. The van der Waals surface area contributed by atoms with E-state index in [0.717, 1.165) is 42.2 Å². The number of para-hydroxylation sites is 1. The molecule has 0 bridgehead atoms. The van der Waals surface area contributed by atoms with Gasteiger partial charge in [0, 0.05) is 18.2 Å². The van der Waals surface area contributed by atoms with Crippen LogP contribution < -0.4 is 10.1 Å². The second-order valence-electron chi connectivity index (χ2n) is 4.27. The minimum atomic E-state index is 0.820. The van der Waals surface area contributed by atoms with E-state index in [1.165, 1.54) is 0 Å². The number of anilines is 1. The summed E-state index contributed by atoms with van der Waals surface area (Å²) in [7, 11) is 1.67. The molecule has 4 nitrogen and oxygen atoms in total. The average molecular weight is 257 g/mol. The third-order valence-corrected chi connectivity index (χ3v) is 2.89. The first-order valence-corrected chi connectivity index (χ1v) is 6.54. The Kier molecular flexibility index (Phi) is 4.72. The summed E-state index contributed by atoms with van der Waals surface area (Å²) in [6.45, 7) is 3.10. The molecule has 1 heterocycles. The van der Waals surface area contributed by atoms with Gasteiger partial charge in [-0.1, -0.05) is 25.5 Å². The topological polar surface area (TPSA) is 47.0 Å². The zero-order valence-corrected chi connectivity index (χ0v) is 11.4. The third-order valence-electron chi connectivity index (χ3n) is 2.89. The number of rotatable bonds is 6. The van der Waals surface area contributed by atoms with Crippen LogP contribution in [0.5, 0.6) is 5.75 Å². The van der Waals surface area contributed by atoms with Crippen LogP contribution in [0.3, 0.4) is 0 Å². The van der Waals surface area contributed by atoms with Crippen molar-refractivity contribution in [2.75, 3.05) is 19.0 Å². The van der Waals surface area contributed by atoms with E-state index in [9.17, 15) is 0 Å². The van der Waals surface area contributed by atoms with E-state index < -0.39 is 0 Å². The smallest absolute Gasteiger partial charge is 0.129 e. The fraction of sp³-hybridized carbons (Fsp3) is 0.333. The Morgan fingerprint density at radius 1 is 1.21 bits per heavy atom. The van der Waals surface area contributed by atoms with Gasteiger partial charge in [0.2, 0.25) is 0 Å². The minimum Gasteiger partial charge on any atom is -0.496 e. The zero-order chi connectivity index (χ0) is 13.5. The summed E-state index contributed by atoms with van der Waals surface area (Å²) in [5, 5.41) is 3.30. The third kappa shape index (κ3) is 3.44. The molecule has 100 valence electrons. The highest BCUT2D eigenvalue weighted by Crippen LogP contribution is 2.28. The monoisotopic (exact) mass is 257 g/mol. The van der Waals surface area contributed by atoms with E-state index in [1.54, 1.807) is 13.4 Å². The number of hydrogen-bond donors (Lipinski definition) is 1. The van der Waals surface area contributed by atoms with Gasteiger partial charge < -0.3 is 10.1 Å². The summed E-state index contributed by atoms with van der Waals surface area (Å²) in [6, 6.07) is 9.81. The van der Waals surface area contributed by atoms with Crippen LogP contribution >= 0.6 is 0 Å². The van der Waals surface area contributed by atoms with Crippen LogP contribution in [0.2, 0.25) is 0 Å². The van der Waals surface area contributed by atoms with E-state index in [-0.39, 0.29) is 0 Å². The molecular formula is C15H19N3O. The lowest BCUT2D eigenvalue weighted by Gasteiger charge is -2.09. The number of hydrogen-bond acceptors (Lipinski definition) is 4. The van der Waals surface area contributed by atoms with Gasteiger partial charge in [-0.2, -0.15) is 0 Å². The molecule has 4 heteroatoms. The summed E-state index contributed by atoms with van der Waals surface area (Å²) < 4.78 is 5.36. The van der Waals surface area contributed by atoms with Crippen molar-refractivity contribution in [1.29, 1.82) is 0 Å². The molecular weight excluding hydrogens is 238 g/mol. The summed E-state index contributed by atoms with van der Waals surface area (Å²) >= 11 is 0. The Morgan fingerprint density at radius 2 is 2.05 bits per heavy atom. The SMILES string of the molecule is CCCCNc1cc(-c2ccccc2OC)ncn1. The van der Waals surface area contributed by atoms with Gasteiger partial charge >= 0.3 is 0 Å². The largest absolute Gasteiger partial charge is 0.496 e. The van der Waals surface area contributed by atoms with Gasteiger partial charge in [0.25, 0.3) is 0 Å². The highest BCUT2D eigenvalue weighted by atomic mass is 16.5. The Hall–Kier alpha value is -2.10. The lowest BCUT2D eigenvalue weighted by molar-refractivity contribution is 0.416. The van der Waals surface area contributed by atoms with Crippen molar-refractivity contribution < 1.29 is 4.74 Å². The Morgan fingerprint density at radius 3 is 2.84 bits per heavy atom. The normalized spacial score (nSPS) is 10.2. The van der Waals surface area contributed by atoms with Crippen molar-refractivity contribution in [3.05, 3.63) is 36.7 Å². The second-order valence-corrected chi connectivity index (χ2v) is 4.27. The van der Waals surface area contributed by atoms with Crippen molar-refractivity contribution in [3.63, 3.8) is 0 Å². The molecule has 0 amide bonds. The predicted octanol–water partition coefficient (Wildman–Crippen LogP) is 3.36. The number of benzene rings is 1. The van der Waals surface area contributed by atoms with Crippen molar-refractivity contribution in [3.8, 4) is 17.0 Å². The Bertz CT molecular complexity index is 528. The first-order valence-electron chi connectivity index (χ1n) is 6.54. The van der Waals surface area contributed by atoms with Gasteiger partial charge in [-0.25, -0.2) is 9.97 Å². The molecule has 2 rings (SSSR count). The number of nitrogens with one attached hydrogen (secondary N) is 1. The number of ether oxygens (including phenoxy) is 1. The van der Waals surface area contributed by atoms with Gasteiger partial charge in [-0.3, -0.25) is 0 Å². The Labute approximate surface area is 113 Å². The minimum absolute atomic E-state index is 0.820. The van der Waals surface area contributed by atoms with E-state index >= 15 is 0 Å². The molecule has 19 heavy (non-hydrogen) atoms. The molecule has 1 aromatic carbocycles. The van der Waals surface area contributed by atoms with E-state index in [1.807, 2.05) is 30.3 Å². The summed E-state index contributed by atoms with van der Waals surface area (Å²) in [5.41, 5.74) is 1.84. The van der Waals surface area contributed by atoms with Gasteiger partial charge in [0.1, 0.15) is 17.9 Å². The van der Waals surface area contributed by atoms with Gasteiger partial charge in [0.15, 0.2) is 0 Å². The van der Waals surface area contributed by atoms with E-state index in [4.69, 9.17) is 4.74 Å². The lowest BCUT2D eigenvalue weighted by atomic mass is 10.1. The first kappa shape index (κ1) is 13.3. The molecule has 0 unspecified atom stereocenters. The molecule has 0 spiro atoms. The summed E-state index contributed by atoms with van der Waals surface area (Å²) in [6.07, 6.45) is 3.88. The standard InChI is InChI=1S/C15H19N3O/c1-3-4-9-16-15-10-13(17-11-18-15)12-7-5-6-8-14(12)19-2/h5-8,10-11H,3-4,9H2,1-2H3,(H,16,17,18). The molecule has 0 aliphatic rings. The van der Waals surface area contributed by atoms with E-state index in [0.29, 0.717) is 0 Å². The van der Waals surface area contributed by atoms with Gasteiger partial charge in [-0.15, -0.1) is 0 Å². The Balaban J connectivity index is 2.22. The molecule has 2 aromatic rings.